The van der Waals surface area contributed by atoms with Crippen LogP contribution < -0.4 is 10.0 Å². The molecule has 10 nitrogen and oxygen atoms in total. The molecular formula is C26H35N5O5S. The Balaban J connectivity index is 1.40. The number of hydrogen-bond acceptors (Lipinski definition) is 7. The second-order valence-corrected chi connectivity index (χ2v) is 11.6. The number of aliphatic hydroxyl groups is 1. The number of sulfonamides is 1. The number of carbonyl (C=O) groups is 1. The van der Waals surface area contributed by atoms with Crippen LogP contribution in [0.15, 0.2) is 42.6 Å². The molecule has 2 atom stereocenters. The van der Waals surface area contributed by atoms with Crippen molar-refractivity contribution in [2.75, 3.05) is 50.7 Å². The Hall–Kier alpha value is -3.12. The van der Waals surface area contributed by atoms with Gasteiger partial charge in [-0.1, -0.05) is 18.2 Å². The number of fused-ring (bicyclic) bond motifs is 1. The third-order valence-electron chi connectivity index (χ3n) is 6.71. The molecule has 1 aliphatic heterocycles. The van der Waals surface area contributed by atoms with Gasteiger partial charge in [0.1, 0.15) is 5.75 Å². The van der Waals surface area contributed by atoms with E-state index in [9.17, 15) is 23.4 Å². The topological polar surface area (TPSA) is 138 Å². The molecule has 11 heteroatoms. The predicted octanol–water partition coefficient (Wildman–Crippen LogP) is 1.89. The van der Waals surface area contributed by atoms with Crippen LogP contribution in [0.2, 0.25) is 0 Å². The summed E-state index contributed by atoms with van der Waals surface area (Å²) in [4.78, 5) is 20.6. The summed E-state index contributed by atoms with van der Waals surface area (Å²) in [6.07, 6.45) is 2.70. The van der Waals surface area contributed by atoms with Crippen molar-refractivity contribution in [1.82, 2.24) is 20.1 Å². The lowest BCUT2D eigenvalue weighted by Gasteiger charge is -2.32. The second kappa shape index (κ2) is 11.1. The van der Waals surface area contributed by atoms with Crippen LogP contribution in [-0.4, -0.2) is 91.4 Å². The van der Waals surface area contributed by atoms with Gasteiger partial charge in [0.2, 0.25) is 10.0 Å². The van der Waals surface area contributed by atoms with Gasteiger partial charge in [0.05, 0.1) is 29.1 Å². The molecule has 0 aliphatic carbocycles. The Kier molecular flexibility index (Phi) is 8.08. The minimum Gasteiger partial charge on any atom is -0.506 e. The number of rotatable bonds is 9. The molecule has 0 bridgehead atoms. The molecule has 5 N–H and O–H groups in total. The second-order valence-electron chi connectivity index (χ2n) is 9.82. The third-order valence-corrected chi connectivity index (χ3v) is 7.30. The van der Waals surface area contributed by atoms with Crippen LogP contribution in [-0.2, 0) is 16.4 Å². The largest absolute Gasteiger partial charge is 0.506 e. The summed E-state index contributed by atoms with van der Waals surface area (Å²) in [7, 11) is -1.51. The number of aromatic nitrogens is 1. The van der Waals surface area contributed by atoms with Crippen LogP contribution in [0.4, 0.5) is 5.69 Å². The van der Waals surface area contributed by atoms with Gasteiger partial charge >= 0.3 is 0 Å². The fraction of sp³-hybridized carbons (Fsp3) is 0.423. The normalized spacial score (nSPS) is 16.6. The Bertz CT molecular complexity index is 1360. The van der Waals surface area contributed by atoms with E-state index < -0.39 is 16.1 Å². The van der Waals surface area contributed by atoms with Crippen LogP contribution in [0.25, 0.3) is 10.9 Å². The summed E-state index contributed by atoms with van der Waals surface area (Å²) in [6, 6.07) is 10.1. The van der Waals surface area contributed by atoms with E-state index in [4.69, 9.17) is 0 Å². The molecule has 2 heterocycles. The van der Waals surface area contributed by atoms with Crippen LogP contribution >= 0.6 is 0 Å². The summed E-state index contributed by atoms with van der Waals surface area (Å²) in [5.74, 6) is -0.174. The minimum absolute atomic E-state index is 0.0105. The Morgan fingerprint density at radius 3 is 2.59 bits per heavy atom. The molecule has 1 aliphatic rings. The number of nitrogens with one attached hydrogen (secondary N) is 3. The highest BCUT2D eigenvalue weighted by atomic mass is 32.2. The lowest BCUT2D eigenvalue weighted by molar-refractivity contribution is 0.0666. The third kappa shape index (κ3) is 6.61. The maximum Gasteiger partial charge on any atom is 0.256 e. The highest BCUT2D eigenvalue weighted by molar-refractivity contribution is 7.92. The fourth-order valence-corrected chi connectivity index (χ4v) is 5.18. The highest BCUT2D eigenvalue weighted by Gasteiger charge is 2.23. The van der Waals surface area contributed by atoms with E-state index in [1.165, 1.54) is 12.1 Å². The number of anilines is 1. The first-order chi connectivity index (χ1) is 17.5. The van der Waals surface area contributed by atoms with E-state index in [-0.39, 0.29) is 29.9 Å². The number of aliphatic hydroxyl groups excluding tert-OH is 1. The van der Waals surface area contributed by atoms with Gasteiger partial charge in [-0.2, -0.15) is 0 Å². The van der Waals surface area contributed by atoms with Crippen molar-refractivity contribution in [1.29, 1.82) is 0 Å². The van der Waals surface area contributed by atoms with Crippen LogP contribution in [0.1, 0.15) is 34.5 Å². The average Bonchev–Trinajstić information content (AvgIpc) is 3.26. The number of hydrogen-bond donors (Lipinski definition) is 5. The van der Waals surface area contributed by atoms with Crippen molar-refractivity contribution in [3.8, 4) is 5.75 Å². The summed E-state index contributed by atoms with van der Waals surface area (Å²) in [6.45, 7) is 5.42. The van der Waals surface area contributed by atoms with Crippen LogP contribution in [0.5, 0.6) is 5.75 Å². The first-order valence-corrected chi connectivity index (χ1v) is 14.2. The first-order valence-electron chi connectivity index (χ1n) is 12.3. The van der Waals surface area contributed by atoms with Gasteiger partial charge in [-0.15, -0.1) is 0 Å². The van der Waals surface area contributed by atoms with Crippen molar-refractivity contribution in [2.45, 2.75) is 25.5 Å². The lowest BCUT2D eigenvalue weighted by Crippen LogP contribution is -2.47. The zero-order valence-electron chi connectivity index (χ0n) is 21.4. The van der Waals surface area contributed by atoms with E-state index in [0.717, 1.165) is 48.9 Å². The van der Waals surface area contributed by atoms with Crippen LogP contribution in [0.3, 0.4) is 0 Å². The van der Waals surface area contributed by atoms with E-state index in [1.807, 2.05) is 36.2 Å². The number of nitrogens with zero attached hydrogens (tertiary/aromatic N) is 2. The fourth-order valence-electron chi connectivity index (χ4n) is 4.61. The molecule has 0 radical (unpaired) electrons. The zero-order valence-corrected chi connectivity index (χ0v) is 22.2. The van der Waals surface area contributed by atoms with Gasteiger partial charge in [-0.25, -0.2) is 8.42 Å². The quantitative estimate of drug-likeness (QED) is 0.267. The summed E-state index contributed by atoms with van der Waals surface area (Å²) in [5, 5.41) is 24.9. The van der Waals surface area contributed by atoms with Crippen molar-refractivity contribution < 1.29 is 23.4 Å². The number of amides is 1. The van der Waals surface area contributed by atoms with Gasteiger partial charge in [0.15, 0.2) is 0 Å². The number of likely N-dealkylation sites (N-methyl/N-ethyl adjacent to an activating group) is 1. The summed E-state index contributed by atoms with van der Waals surface area (Å²) < 4.78 is 25.3. The number of phenols is 1. The molecule has 0 unspecified atom stereocenters. The van der Waals surface area contributed by atoms with Gasteiger partial charge in [-0.3, -0.25) is 9.52 Å². The molecule has 1 amide bonds. The van der Waals surface area contributed by atoms with E-state index in [2.05, 4.69) is 27.0 Å². The monoisotopic (exact) mass is 529 g/mol. The van der Waals surface area contributed by atoms with Gasteiger partial charge in [0.25, 0.3) is 5.91 Å². The molecule has 0 saturated carbocycles. The number of benzene rings is 2. The minimum atomic E-state index is -3.57. The van der Waals surface area contributed by atoms with Gasteiger partial charge < -0.3 is 30.3 Å². The van der Waals surface area contributed by atoms with Crippen LogP contribution in [0, 0.1) is 0 Å². The summed E-state index contributed by atoms with van der Waals surface area (Å²) in [5.41, 5.74) is 3.08. The smallest absolute Gasteiger partial charge is 0.256 e. The molecule has 1 fully saturated rings. The number of aromatic amines is 1. The van der Waals surface area contributed by atoms with Gasteiger partial charge in [0, 0.05) is 50.3 Å². The maximum absolute atomic E-state index is 13.2. The Labute approximate surface area is 217 Å². The molecule has 4 rings (SSSR count). The molecule has 3 aromatic rings. The summed E-state index contributed by atoms with van der Waals surface area (Å²) >= 11 is 0. The molecule has 200 valence electrons. The molecule has 2 aromatic carbocycles. The predicted molar refractivity (Wildman–Crippen MR) is 144 cm³/mol. The van der Waals surface area contributed by atoms with E-state index >= 15 is 0 Å². The number of H-pyrrole nitrogens is 1. The molecule has 37 heavy (non-hydrogen) atoms. The van der Waals surface area contributed by atoms with Gasteiger partial charge in [-0.05, 0) is 49.7 Å². The molecule has 0 spiro atoms. The highest BCUT2D eigenvalue weighted by Crippen LogP contribution is 2.28. The van der Waals surface area contributed by atoms with Crippen molar-refractivity contribution in [2.24, 2.45) is 0 Å². The Morgan fingerprint density at radius 1 is 1.16 bits per heavy atom. The number of aromatic hydroxyl groups is 1. The first kappa shape index (κ1) is 26.9. The number of phenolic OH excluding ortho intramolecular Hbond substituents is 1. The SMILES string of the molecule is C[C@H](Cc1c[nH]c2c(C(=O)N3CCN(C)CC3)cccc12)NC[C@H](O)c1ccc(O)c(NS(C)(=O)=O)c1. The van der Waals surface area contributed by atoms with E-state index in [1.54, 1.807) is 6.07 Å². The average molecular weight is 530 g/mol. The maximum atomic E-state index is 13.2. The Morgan fingerprint density at radius 2 is 1.89 bits per heavy atom. The zero-order chi connectivity index (χ0) is 26.7. The van der Waals surface area contributed by atoms with Crippen molar-refractivity contribution >= 4 is 32.5 Å². The van der Waals surface area contributed by atoms with Crippen molar-refractivity contribution in [3.63, 3.8) is 0 Å². The molecule has 1 saturated heterocycles. The van der Waals surface area contributed by atoms with E-state index in [0.29, 0.717) is 17.5 Å². The standard InChI is InChI=1S/C26H35N5O5S/c1-17(27-16-24(33)18-7-8-23(32)22(14-18)29-37(3,35)36)13-19-15-28-25-20(19)5-4-6-21(25)26(34)31-11-9-30(2)10-12-31/h4-8,14-15,17,24,27-29,32-33H,9-13,16H2,1-3H3/t17-,24+/m1/s1. The molecular weight excluding hydrogens is 494 g/mol. The van der Waals surface area contributed by atoms with Crippen molar-refractivity contribution in [3.05, 3.63) is 59.3 Å². The number of piperazine rings is 1. The molecule has 1 aromatic heterocycles. The lowest BCUT2D eigenvalue weighted by atomic mass is 10.0. The number of carbonyl (C=O) groups excluding carboxylic acids is 1. The number of para-hydroxylation sites is 1.